The zero-order valence-corrected chi connectivity index (χ0v) is 17.2. The second kappa shape index (κ2) is 8.30. The summed E-state index contributed by atoms with van der Waals surface area (Å²) in [6, 6.07) is 10.6. The van der Waals surface area contributed by atoms with Crippen LogP contribution in [-0.2, 0) is 15.6 Å². The lowest BCUT2D eigenvalue weighted by Crippen LogP contribution is -2.47. The Morgan fingerprint density at radius 3 is 2.38 bits per heavy atom. The second-order valence-corrected chi connectivity index (χ2v) is 9.18. The first-order chi connectivity index (χ1) is 13.7. The summed E-state index contributed by atoms with van der Waals surface area (Å²) in [5, 5.41) is 11.6. The monoisotopic (exact) mass is 417 g/mol. The van der Waals surface area contributed by atoms with Gasteiger partial charge in [-0.2, -0.15) is 0 Å². The maximum absolute atomic E-state index is 12.9. The largest absolute Gasteiger partial charge is 0.336 e. The minimum atomic E-state index is -3.96. The number of rotatable bonds is 5. The van der Waals surface area contributed by atoms with E-state index in [1.54, 1.807) is 36.1 Å². The lowest BCUT2D eigenvalue weighted by atomic mass is 10.1. The molecule has 0 N–H and O–H groups in total. The second-order valence-electron chi connectivity index (χ2n) is 7.22. The Kier molecular flexibility index (Phi) is 5.99. The zero-order valence-electron chi connectivity index (χ0n) is 16.4. The average Bonchev–Trinajstić information content (AvgIpc) is 2.69. The molecule has 0 radical (unpaired) electrons. The minimum Gasteiger partial charge on any atom is -0.336 e. The first kappa shape index (κ1) is 20.9. The molecule has 9 heteroatoms. The molecule has 2 aromatic carbocycles. The molecule has 0 aliphatic carbocycles. The molecule has 0 spiro atoms. The van der Waals surface area contributed by atoms with E-state index in [-0.39, 0.29) is 22.1 Å². The van der Waals surface area contributed by atoms with E-state index in [9.17, 15) is 23.3 Å². The van der Waals surface area contributed by atoms with Crippen LogP contribution in [0.15, 0.2) is 47.4 Å². The van der Waals surface area contributed by atoms with Gasteiger partial charge >= 0.3 is 0 Å². The van der Waals surface area contributed by atoms with Gasteiger partial charge in [0, 0.05) is 37.8 Å². The highest BCUT2D eigenvalue weighted by atomic mass is 32.2. The molecule has 8 nitrogen and oxygen atoms in total. The number of aryl methyl sites for hydroxylation is 1. The van der Waals surface area contributed by atoms with Crippen molar-refractivity contribution in [3.63, 3.8) is 0 Å². The van der Waals surface area contributed by atoms with Crippen molar-refractivity contribution in [1.29, 1.82) is 0 Å². The highest BCUT2D eigenvalue weighted by molar-refractivity contribution is 7.90. The highest BCUT2D eigenvalue weighted by Gasteiger charge is 2.29. The molecule has 0 atom stereocenters. The molecule has 1 aliphatic heterocycles. The van der Waals surface area contributed by atoms with E-state index < -0.39 is 20.4 Å². The minimum absolute atomic E-state index is 0.121. The van der Waals surface area contributed by atoms with Gasteiger partial charge in [-0.15, -0.1) is 0 Å². The van der Waals surface area contributed by atoms with Crippen LogP contribution >= 0.6 is 0 Å². The van der Waals surface area contributed by atoms with Crippen molar-refractivity contribution in [3.05, 3.63) is 69.3 Å². The summed E-state index contributed by atoms with van der Waals surface area (Å²) in [4.78, 5) is 26.9. The van der Waals surface area contributed by atoms with Gasteiger partial charge in [0.25, 0.3) is 11.6 Å². The molecule has 3 rings (SSSR count). The number of benzene rings is 2. The van der Waals surface area contributed by atoms with Crippen molar-refractivity contribution in [2.24, 2.45) is 0 Å². The number of likely N-dealkylation sites (N-methyl/N-ethyl adjacent to an activating group) is 1. The van der Waals surface area contributed by atoms with Crippen molar-refractivity contribution in [3.8, 4) is 0 Å². The van der Waals surface area contributed by atoms with Crippen LogP contribution in [0.1, 0.15) is 21.5 Å². The van der Waals surface area contributed by atoms with Gasteiger partial charge in [-0.1, -0.05) is 24.3 Å². The van der Waals surface area contributed by atoms with Crippen LogP contribution in [0.25, 0.3) is 0 Å². The smallest absolute Gasteiger partial charge is 0.288 e. The molecule has 0 aromatic heterocycles. The Balaban J connectivity index is 1.93. The van der Waals surface area contributed by atoms with E-state index in [0.717, 1.165) is 24.7 Å². The van der Waals surface area contributed by atoms with Crippen molar-refractivity contribution in [1.82, 2.24) is 9.80 Å². The van der Waals surface area contributed by atoms with E-state index in [1.807, 2.05) is 7.05 Å². The van der Waals surface area contributed by atoms with E-state index in [1.165, 1.54) is 12.1 Å². The Morgan fingerprint density at radius 2 is 1.76 bits per heavy atom. The normalized spacial score (nSPS) is 15.3. The lowest BCUT2D eigenvalue weighted by Gasteiger charge is -2.32. The molecule has 0 saturated carbocycles. The number of hydrogen-bond acceptors (Lipinski definition) is 6. The van der Waals surface area contributed by atoms with E-state index in [2.05, 4.69) is 4.90 Å². The third-order valence-electron chi connectivity index (χ3n) is 5.13. The Morgan fingerprint density at radius 1 is 1.10 bits per heavy atom. The van der Waals surface area contributed by atoms with E-state index in [4.69, 9.17) is 0 Å². The lowest BCUT2D eigenvalue weighted by molar-refractivity contribution is -0.387. The van der Waals surface area contributed by atoms with Crippen LogP contribution < -0.4 is 0 Å². The Hall–Kier alpha value is -2.78. The summed E-state index contributed by atoms with van der Waals surface area (Å²) < 4.78 is 25.8. The number of amides is 1. The van der Waals surface area contributed by atoms with Crippen LogP contribution in [0.3, 0.4) is 0 Å². The standard InChI is InChI=1S/C20H23N3O5S/c1-15-5-3-4-6-17(15)14-29(27,28)19-8-7-16(13-18(19)23(25)26)20(24)22-11-9-21(2)10-12-22/h3-8,13H,9-12,14H2,1-2H3. The molecule has 154 valence electrons. The first-order valence-electron chi connectivity index (χ1n) is 9.22. The number of nitro benzene ring substituents is 1. The van der Waals surface area contributed by atoms with E-state index in [0.29, 0.717) is 18.7 Å². The van der Waals surface area contributed by atoms with Crippen LogP contribution in [0.5, 0.6) is 0 Å². The number of hydrogen-bond donors (Lipinski definition) is 0. The van der Waals surface area contributed by atoms with Crippen molar-refractivity contribution >= 4 is 21.4 Å². The highest BCUT2D eigenvalue weighted by Crippen LogP contribution is 2.29. The van der Waals surface area contributed by atoms with Gasteiger partial charge in [0.2, 0.25) is 0 Å². The number of carbonyl (C=O) groups excluding carboxylic acids is 1. The molecule has 1 fully saturated rings. The molecular weight excluding hydrogens is 394 g/mol. The first-order valence-corrected chi connectivity index (χ1v) is 10.9. The summed E-state index contributed by atoms with van der Waals surface area (Å²) in [7, 11) is -2.00. The van der Waals surface area contributed by atoms with Crippen molar-refractivity contribution in [2.75, 3.05) is 33.2 Å². The number of sulfone groups is 1. The molecule has 0 unspecified atom stereocenters. The van der Waals surface area contributed by atoms with Gasteiger partial charge < -0.3 is 9.80 Å². The SMILES string of the molecule is Cc1ccccc1CS(=O)(=O)c1ccc(C(=O)N2CCN(C)CC2)cc1[N+](=O)[O-]. The molecule has 1 amide bonds. The predicted octanol–water partition coefficient (Wildman–Crippen LogP) is 2.26. The number of piperazine rings is 1. The van der Waals surface area contributed by atoms with Crippen LogP contribution in [-0.4, -0.2) is 62.3 Å². The number of nitro groups is 1. The summed E-state index contributed by atoms with van der Waals surface area (Å²) in [6.45, 7) is 4.28. The topological polar surface area (TPSA) is 101 Å². The van der Waals surface area contributed by atoms with Gasteiger partial charge in [0.1, 0.15) is 4.90 Å². The third kappa shape index (κ3) is 4.63. The fourth-order valence-electron chi connectivity index (χ4n) is 3.30. The van der Waals surface area contributed by atoms with Crippen molar-refractivity contribution in [2.45, 2.75) is 17.6 Å². The van der Waals surface area contributed by atoms with Crippen LogP contribution in [0, 0.1) is 17.0 Å². The van der Waals surface area contributed by atoms with Gasteiger partial charge in [-0.25, -0.2) is 8.42 Å². The van der Waals surface area contributed by atoms with Crippen LogP contribution in [0.4, 0.5) is 5.69 Å². The number of carbonyl (C=O) groups is 1. The molecular formula is C20H23N3O5S. The quantitative estimate of drug-likeness (QED) is 0.546. The zero-order chi connectivity index (χ0) is 21.2. The third-order valence-corrected chi connectivity index (χ3v) is 6.84. The molecule has 1 aliphatic rings. The maximum Gasteiger partial charge on any atom is 0.288 e. The summed E-state index contributed by atoms with van der Waals surface area (Å²) >= 11 is 0. The molecule has 0 bridgehead atoms. The molecule has 2 aromatic rings. The van der Waals surface area contributed by atoms with Gasteiger partial charge in [0.15, 0.2) is 9.84 Å². The van der Waals surface area contributed by atoms with Crippen LogP contribution in [0.2, 0.25) is 0 Å². The van der Waals surface area contributed by atoms with Gasteiger partial charge in [-0.3, -0.25) is 14.9 Å². The Labute approximate surface area is 169 Å². The predicted molar refractivity (Wildman–Crippen MR) is 109 cm³/mol. The number of nitrogens with zero attached hydrogens (tertiary/aromatic N) is 3. The fourth-order valence-corrected chi connectivity index (χ4v) is 4.92. The Bertz CT molecular complexity index is 1040. The van der Waals surface area contributed by atoms with E-state index >= 15 is 0 Å². The maximum atomic E-state index is 12.9. The molecule has 1 heterocycles. The van der Waals surface area contributed by atoms with Gasteiger partial charge in [0.05, 0.1) is 10.7 Å². The van der Waals surface area contributed by atoms with Crippen molar-refractivity contribution < 1.29 is 18.1 Å². The average molecular weight is 417 g/mol. The fraction of sp³-hybridized carbons (Fsp3) is 0.350. The molecule has 1 saturated heterocycles. The summed E-state index contributed by atoms with van der Waals surface area (Å²) in [6.07, 6.45) is 0. The van der Waals surface area contributed by atoms with Gasteiger partial charge in [-0.05, 0) is 37.2 Å². The molecule has 29 heavy (non-hydrogen) atoms. The summed E-state index contributed by atoms with van der Waals surface area (Å²) in [5.74, 6) is -0.671. The summed E-state index contributed by atoms with van der Waals surface area (Å²) in [5.41, 5.74) is 0.926.